The summed E-state index contributed by atoms with van der Waals surface area (Å²) in [5.74, 6) is 2.84. The Bertz CT molecular complexity index is 818. The molecular weight excluding hydrogens is 358 g/mol. The van der Waals surface area contributed by atoms with E-state index in [0.29, 0.717) is 22.7 Å². The number of fused-ring (bicyclic) bond motifs is 3. The number of benzene rings is 2. The molecule has 1 N–H and O–H groups in total. The minimum absolute atomic E-state index is 0.183. The quantitative estimate of drug-likeness (QED) is 0.648. The van der Waals surface area contributed by atoms with Crippen molar-refractivity contribution in [2.45, 2.75) is 50.7 Å². The molecule has 0 bridgehead atoms. The molecule has 0 amide bonds. The third kappa shape index (κ3) is 3.32. The highest BCUT2D eigenvalue weighted by atomic mass is 35.5. The van der Waals surface area contributed by atoms with Gasteiger partial charge >= 0.3 is 0 Å². The molecule has 2 fully saturated rings. The summed E-state index contributed by atoms with van der Waals surface area (Å²) in [7, 11) is 0. The van der Waals surface area contributed by atoms with Gasteiger partial charge in [0.05, 0.1) is 11.1 Å². The van der Waals surface area contributed by atoms with Crippen molar-refractivity contribution in [2.75, 3.05) is 11.9 Å². The number of para-hydroxylation sites is 1. The van der Waals surface area contributed by atoms with Gasteiger partial charge in [-0.05, 0) is 55.5 Å². The standard InChI is InChI=1S/C23H26ClNO2/c24-19-8-4-5-9-21(19)27-16-10-11-20-18(14-16)23-17(12-13-26-23)22(25-20)15-6-2-1-3-7-15/h4-5,8-11,14-15,17,22-23,25H,1-3,6-7,12-13H2/t17-,22?,23-/m0/s1. The molecule has 2 heterocycles. The van der Waals surface area contributed by atoms with Crippen molar-refractivity contribution >= 4 is 17.3 Å². The Morgan fingerprint density at radius 3 is 2.70 bits per heavy atom. The van der Waals surface area contributed by atoms with Gasteiger partial charge in [-0.15, -0.1) is 0 Å². The monoisotopic (exact) mass is 383 g/mol. The predicted octanol–water partition coefficient (Wildman–Crippen LogP) is 6.58. The van der Waals surface area contributed by atoms with E-state index in [1.807, 2.05) is 30.3 Å². The second-order valence-corrected chi connectivity index (χ2v) is 8.50. The Balaban J connectivity index is 1.43. The van der Waals surface area contributed by atoms with E-state index in [1.165, 1.54) is 43.4 Å². The summed E-state index contributed by atoms with van der Waals surface area (Å²) in [5, 5.41) is 4.50. The Morgan fingerprint density at radius 2 is 1.85 bits per heavy atom. The van der Waals surface area contributed by atoms with Gasteiger partial charge in [0.25, 0.3) is 0 Å². The van der Waals surface area contributed by atoms with Crippen molar-refractivity contribution in [3.8, 4) is 11.5 Å². The van der Waals surface area contributed by atoms with Crippen molar-refractivity contribution in [3.05, 3.63) is 53.1 Å². The van der Waals surface area contributed by atoms with Gasteiger partial charge in [0.2, 0.25) is 0 Å². The van der Waals surface area contributed by atoms with Gasteiger partial charge in [0.1, 0.15) is 11.5 Å². The molecule has 1 unspecified atom stereocenters. The van der Waals surface area contributed by atoms with Gasteiger partial charge in [-0.25, -0.2) is 0 Å². The Hall–Kier alpha value is -1.71. The van der Waals surface area contributed by atoms with Crippen LogP contribution in [-0.2, 0) is 4.74 Å². The Kier molecular flexibility index (Phi) is 4.75. The van der Waals surface area contributed by atoms with Gasteiger partial charge in [0.15, 0.2) is 0 Å². The molecule has 1 saturated carbocycles. The van der Waals surface area contributed by atoms with Crippen molar-refractivity contribution in [3.63, 3.8) is 0 Å². The lowest BCUT2D eigenvalue weighted by Gasteiger charge is -2.42. The molecular formula is C23H26ClNO2. The third-order valence-electron chi connectivity index (χ3n) is 6.47. The van der Waals surface area contributed by atoms with Crippen molar-refractivity contribution in [1.82, 2.24) is 0 Å². The van der Waals surface area contributed by atoms with Gasteiger partial charge < -0.3 is 14.8 Å². The van der Waals surface area contributed by atoms with Crippen molar-refractivity contribution in [2.24, 2.45) is 11.8 Å². The number of halogens is 1. The molecule has 0 radical (unpaired) electrons. The first-order chi connectivity index (χ1) is 13.3. The zero-order valence-corrected chi connectivity index (χ0v) is 16.3. The Labute approximate surface area is 166 Å². The molecule has 2 aromatic rings. The largest absolute Gasteiger partial charge is 0.456 e. The van der Waals surface area contributed by atoms with Crippen LogP contribution in [0, 0.1) is 11.8 Å². The summed E-state index contributed by atoms with van der Waals surface area (Å²) in [6, 6.07) is 14.4. The maximum atomic E-state index is 6.25. The number of rotatable bonds is 3. The van der Waals surface area contributed by atoms with Crippen molar-refractivity contribution < 1.29 is 9.47 Å². The third-order valence-corrected chi connectivity index (χ3v) is 6.78. The van der Waals surface area contributed by atoms with E-state index in [-0.39, 0.29) is 6.10 Å². The molecule has 3 atom stereocenters. The van der Waals surface area contributed by atoms with Crippen LogP contribution in [0.1, 0.15) is 50.2 Å². The molecule has 2 aromatic carbocycles. The topological polar surface area (TPSA) is 30.5 Å². The first kappa shape index (κ1) is 17.4. The highest BCUT2D eigenvalue weighted by Gasteiger charge is 2.44. The zero-order chi connectivity index (χ0) is 18.2. The molecule has 5 rings (SSSR count). The molecule has 3 aliphatic rings. The van der Waals surface area contributed by atoms with Crippen LogP contribution in [0.5, 0.6) is 11.5 Å². The summed E-state index contributed by atoms with van der Waals surface area (Å²) >= 11 is 6.25. The molecule has 2 aliphatic heterocycles. The zero-order valence-electron chi connectivity index (χ0n) is 15.5. The van der Waals surface area contributed by atoms with Crippen LogP contribution in [0.2, 0.25) is 5.02 Å². The normalized spacial score (nSPS) is 27.5. The summed E-state index contributed by atoms with van der Waals surface area (Å²) in [6.07, 6.45) is 8.18. The molecule has 142 valence electrons. The fourth-order valence-electron chi connectivity index (χ4n) is 5.17. The molecule has 1 aliphatic carbocycles. The lowest BCUT2D eigenvalue weighted by molar-refractivity contribution is 0.0730. The van der Waals surface area contributed by atoms with Gasteiger partial charge in [-0.1, -0.05) is 43.0 Å². The van der Waals surface area contributed by atoms with Crippen LogP contribution >= 0.6 is 11.6 Å². The van der Waals surface area contributed by atoms with Crippen LogP contribution < -0.4 is 10.1 Å². The molecule has 1 saturated heterocycles. The average molecular weight is 384 g/mol. The summed E-state index contributed by atoms with van der Waals surface area (Å²) in [5.41, 5.74) is 2.44. The molecule has 0 spiro atoms. The molecule has 0 aromatic heterocycles. The Morgan fingerprint density at radius 1 is 1.00 bits per heavy atom. The maximum absolute atomic E-state index is 6.25. The van der Waals surface area contributed by atoms with Gasteiger partial charge in [0, 0.05) is 29.8 Å². The minimum Gasteiger partial charge on any atom is -0.456 e. The lowest BCUT2D eigenvalue weighted by Crippen LogP contribution is -2.42. The molecule has 27 heavy (non-hydrogen) atoms. The molecule has 4 heteroatoms. The smallest absolute Gasteiger partial charge is 0.146 e. The van der Waals surface area contributed by atoms with E-state index >= 15 is 0 Å². The van der Waals surface area contributed by atoms with Crippen LogP contribution in [0.4, 0.5) is 5.69 Å². The van der Waals surface area contributed by atoms with Crippen LogP contribution in [-0.4, -0.2) is 12.6 Å². The van der Waals surface area contributed by atoms with Crippen LogP contribution in [0.3, 0.4) is 0 Å². The van der Waals surface area contributed by atoms with Crippen LogP contribution in [0.25, 0.3) is 0 Å². The summed E-state index contributed by atoms with van der Waals surface area (Å²) < 4.78 is 12.3. The van der Waals surface area contributed by atoms with E-state index < -0.39 is 0 Å². The summed E-state index contributed by atoms with van der Waals surface area (Å²) in [4.78, 5) is 0. The number of nitrogens with one attached hydrogen (secondary N) is 1. The fourth-order valence-corrected chi connectivity index (χ4v) is 5.34. The first-order valence-electron chi connectivity index (χ1n) is 10.2. The van der Waals surface area contributed by atoms with Crippen molar-refractivity contribution in [1.29, 1.82) is 0 Å². The first-order valence-corrected chi connectivity index (χ1v) is 10.6. The van der Waals surface area contributed by atoms with Crippen LogP contribution in [0.15, 0.2) is 42.5 Å². The van der Waals surface area contributed by atoms with E-state index in [4.69, 9.17) is 21.1 Å². The second kappa shape index (κ2) is 7.37. The number of ether oxygens (including phenoxy) is 2. The number of anilines is 1. The average Bonchev–Trinajstić information content (AvgIpc) is 3.20. The summed E-state index contributed by atoms with van der Waals surface area (Å²) in [6.45, 7) is 0.856. The number of hydrogen-bond donors (Lipinski definition) is 1. The number of hydrogen-bond acceptors (Lipinski definition) is 3. The van der Waals surface area contributed by atoms with E-state index in [9.17, 15) is 0 Å². The SMILES string of the molecule is Clc1ccccc1Oc1ccc2c(c1)[C@H]1OCC[C@H]1C(C1CCCCC1)N2. The van der Waals surface area contributed by atoms with E-state index in [0.717, 1.165) is 24.7 Å². The predicted molar refractivity (Wildman–Crippen MR) is 109 cm³/mol. The maximum Gasteiger partial charge on any atom is 0.146 e. The van der Waals surface area contributed by atoms with Gasteiger partial charge in [-0.2, -0.15) is 0 Å². The fraction of sp³-hybridized carbons (Fsp3) is 0.478. The highest BCUT2D eigenvalue weighted by molar-refractivity contribution is 6.32. The van der Waals surface area contributed by atoms with E-state index in [1.54, 1.807) is 0 Å². The van der Waals surface area contributed by atoms with Gasteiger partial charge in [-0.3, -0.25) is 0 Å². The highest BCUT2D eigenvalue weighted by Crippen LogP contribution is 2.49. The minimum atomic E-state index is 0.183. The van der Waals surface area contributed by atoms with E-state index in [2.05, 4.69) is 17.4 Å². The second-order valence-electron chi connectivity index (χ2n) is 8.09. The molecule has 3 nitrogen and oxygen atoms in total. The lowest BCUT2D eigenvalue weighted by atomic mass is 9.73.